The van der Waals surface area contributed by atoms with Crippen LogP contribution in [-0.2, 0) is 5.41 Å². The highest BCUT2D eigenvalue weighted by Crippen LogP contribution is 2.52. The van der Waals surface area contributed by atoms with E-state index in [2.05, 4.69) is 172 Å². The Morgan fingerprint density at radius 1 is 0.432 bits per heavy atom. The molecule has 0 unspecified atom stereocenters. The Morgan fingerprint density at radius 3 is 1.68 bits per heavy atom. The lowest BCUT2D eigenvalue weighted by molar-refractivity contribution is 0.660. The maximum atomic E-state index is 2.45. The smallest absolute Gasteiger partial charge is 0.0465 e. The van der Waals surface area contributed by atoms with E-state index in [1.165, 1.54) is 83.1 Å². The van der Waals surface area contributed by atoms with E-state index in [9.17, 15) is 0 Å². The van der Waals surface area contributed by atoms with E-state index in [1.54, 1.807) is 0 Å². The van der Waals surface area contributed by atoms with Crippen LogP contribution in [0.1, 0.15) is 36.1 Å². The zero-order chi connectivity index (χ0) is 30.0. The van der Waals surface area contributed by atoms with Crippen LogP contribution in [0.25, 0.3) is 43.8 Å². The quantitative estimate of drug-likeness (QED) is 0.192. The highest BCUT2D eigenvalue weighted by Gasteiger charge is 2.36. The van der Waals surface area contributed by atoms with Crippen molar-refractivity contribution in [2.75, 3.05) is 4.90 Å². The van der Waals surface area contributed by atoms with Gasteiger partial charge in [0, 0.05) is 22.5 Å². The van der Waals surface area contributed by atoms with E-state index >= 15 is 0 Å². The van der Waals surface area contributed by atoms with E-state index in [0.717, 1.165) is 0 Å². The first-order chi connectivity index (χ1) is 21.4. The minimum absolute atomic E-state index is 0.145. The molecule has 0 radical (unpaired) electrons. The Balaban J connectivity index is 1.27. The minimum Gasteiger partial charge on any atom is -0.310 e. The van der Waals surface area contributed by atoms with Crippen LogP contribution in [0.15, 0.2) is 140 Å². The summed E-state index contributed by atoms with van der Waals surface area (Å²) in [6.45, 7) is 9.09. The van der Waals surface area contributed by atoms with Crippen molar-refractivity contribution in [2.24, 2.45) is 0 Å². The SMILES string of the molecule is Cc1cccc(N(c2cccc(C)c2)c2ccc3c(c2)C(C)(C)c2cc(-c4cc5ccccc5c5ccccc45)ccc2-3)c1. The van der Waals surface area contributed by atoms with Crippen LogP contribution < -0.4 is 4.90 Å². The Bertz CT molecular complexity index is 2190. The first kappa shape index (κ1) is 26.5. The fourth-order valence-corrected chi connectivity index (χ4v) is 7.31. The zero-order valence-corrected chi connectivity index (χ0v) is 25.7. The summed E-state index contributed by atoms with van der Waals surface area (Å²) in [6.07, 6.45) is 0. The summed E-state index contributed by atoms with van der Waals surface area (Å²) >= 11 is 0. The van der Waals surface area contributed by atoms with Crippen LogP contribution in [0, 0.1) is 13.8 Å². The predicted octanol–water partition coefficient (Wildman–Crippen LogP) is 12.1. The number of rotatable bonds is 4. The Hall–Kier alpha value is -5.14. The van der Waals surface area contributed by atoms with Crippen molar-refractivity contribution in [3.8, 4) is 22.3 Å². The average Bonchev–Trinajstić information content (AvgIpc) is 3.26. The Labute approximate surface area is 260 Å². The molecule has 7 aromatic carbocycles. The molecule has 8 rings (SSSR count). The van der Waals surface area contributed by atoms with Crippen molar-refractivity contribution < 1.29 is 0 Å². The first-order valence-electron chi connectivity index (χ1n) is 15.5. The van der Waals surface area contributed by atoms with Crippen LogP contribution in [0.5, 0.6) is 0 Å². The number of fused-ring (bicyclic) bond motifs is 6. The van der Waals surface area contributed by atoms with E-state index < -0.39 is 0 Å². The second kappa shape index (κ2) is 9.96. The van der Waals surface area contributed by atoms with Crippen molar-refractivity contribution in [3.05, 3.63) is 162 Å². The molecule has 0 amide bonds. The standard InChI is InChI=1S/C43H35N/c1-28-11-9-14-32(23-28)44(33-15-10-12-29(2)24-33)34-20-22-39-38-21-19-31(26-41(38)43(3,4)42(39)27-34)40-25-30-13-5-6-16-35(30)36-17-7-8-18-37(36)40/h5-27H,1-4H3. The summed E-state index contributed by atoms with van der Waals surface area (Å²) in [4.78, 5) is 2.39. The van der Waals surface area contributed by atoms with E-state index in [4.69, 9.17) is 0 Å². The third kappa shape index (κ3) is 4.15. The molecular weight excluding hydrogens is 530 g/mol. The van der Waals surface area contributed by atoms with E-state index in [1.807, 2.05) is 0 Å². The van der Waals surface area contributed by atoms with Gasteiger partial charge in [0.05, 0.1) is 0 Å². The predicted molar refractivity (Wildman–Crippen MR) is 189 cm³/mol. The third-order valence-corrected chi connectivity index (χ3v) is 9.52. The molecule has 1 aliphatic carbocycles. The molecule has 1 aliphatic rings. The molecule has 0 bridgehead atoms. The van der Waals surface area contributed by atoms with Gasteiger partial charge in [-0.25, -0.2) is 0 Å². The molecule has 0 saturated carbocycles. The molecule has 0 aromatic heterocycles. The minimum atomic E-state index is -0.145. The fraction of sp³-hybridized carbons (Fsp3) is 0.116. The molecule has 44 heavy (non-hydrogen) atoms. The Kier molecular flexibility index (Phi) is 6.00. The molecule has 0 spiro atoms. The molecule has 1 heteroatoms. The molecule has 1 nitrogen and oxygen atoms in total. The number of anilines is 3. The molecule has 0 N–H and O–H groups in total. The average molecular weight is 566 g/mol. The van der Waals surface area contributed by atoms with E-state index in [-0.39, 0.29) is 5.41 Å². The molecule has 0 saturated heterocycles. The lowest BCUT2D eigenvalue weighted by Gasteiger charge is -2.28. The second-order valence-electron chi connectivity index (χ2n) is 12.8. The van der Waals surface area contributed by atoms with Gasteiger partial charge in [-0.1, -0.05) is 105 Å². The van der Waals surface area contributed by atoms with Crippen LogP contribution >= 0.6 is 0 Å². The number of aryl methyl sites for hydroxylation is 2. The van der Waals surface area contributed by atoms with Crippen molar-refractivity contribution in [2.45, 2.75) is 33.1 Å². The van der Waals surface area contributed by atoms with E-state index in [0.29, 0.717) is 0 Å². The number of hydrogen-bond donors (Lipinski definition) is 0. The third-order valence-electron chi connectivity index (χ3n) is 9.52. The lowest BCUT2D eigenvalue weighted by Crippen LogP contribution is -2.16. The molecule has 0 atom stereocenters. The molecule has 0 heterocycles. The van der Waals surface area contributed by atoms with Gasteiger partial charge < -0.3 is 4.90 Å². The van der Waals surface area contributed by atoms with Crippen LogP contribution in [0.4, 0.5) is 17.1 Å². The van der Waals surface area contributed by atoms with Crippen LogP contribution in [0.3, 0.4) is 0 Å². The van der Waals surface area contributed by atoms with Gasteiger partial charge in [0.1, 0.15) is 0 Å². The summed E-state index contributed by atoms with van der Waals surface area (Å²) in [5.74, 6) is 0. The topological polar surface area (TPSA) is 3.24 Å². The fourth-order valence-electron chi connectivity index (χ4n) is 7.31. The first-order valence-corrected chi connectivity index (χ1v) is 15.5. The van der Waals surface area contributed by atoms with Gasteiger partial charge in [0.2, 0.25) is 0 Å². The second-order valence-corrected chi connectivity index (χ2v) is 12.8. The van der Waals surface area contributed by atoms with Crippen molar-refractivity contribution in [1.82, 2.24) is 0 Å². The normalized spacial score (nSPS) is 13.2. The number of benzene rings is 7. The monoisotopic (exact) mass is 565 g/mol. The highest BCUT2D eigenvalue weighted by molar-refractivity contribution is 6.13. The van der Waals surface area contributed by atoms with Gasteiger partial charge in [-0.15, -0.1) is 0 Å². The maximum Gasteiger partial charge on any atom is 0.0465 e. The number of hydrogen-bond acceptors (Lipinski definition) is 1. The van der Waals surface area contributed by atoms with Crippen molar-refractivity contribution in [1.29, 1.82) is 0 Å². The van der Waals surface area contributed by atoms with Gasteiger partial charge in [-0.3, -0.25) is 0 Å². The molecule has 0 aliphatic heterocycles. The summed E-state index contributed by atoms with van der Waals surface area (Å²) in [6, 6.07) is 51.7. The summed E-state index contributed by atoms with van der Waals surface area (Å²) in [5.41, 5.74) is 13.9. The van der Waals surface area contributed by atoms with Gasteiger partial charge in [-0.05, 0) is 128 Å². The molecule has 7 aromatic rings. The number of nitrogens with zero attached hydrogens (tertiary/aromatic N) is 1. The van der Waals surface area contributed by atoms with Crippen LogP contribution in [0.2, 0.25) is 0 Å². The van der Waals surface area contributed by atoms with Gasteiger partial charge >= 0.3 is 0 Å². The van der Waals surface area contributed by atoms with Crippen molar-refractivity contribution >= 4 is 38.6 Å². The van der Waals surface area contributed by atoms with Gasteiger partial charge in [0.25, 0.3) is 0 Å². The summed E-state index contributed by atoms with van der Waals surface area (Å²) in [7, 11) is 0. The largest absolute Gasteiger partial charge is 0.310 e. The molecular formula is C43H35N. The lowest BCUT2D eigenvalue weighted by atomic mass is 9.81. The van der Waals surface area contributed by atoms with Gasteiger partial charge in [0.15, 0.2) is 0 Å². The molecule has 212 valence electrons. The molecule has 0 fully saturated rings. The summed E-state index contributed by atoms with van der Waals surface area (Å²) < 4.78 is 0. The van der Waals surface area contributed by atoms with Gasteiger partial charge in [-0.2, -0.15) is 0 Å². The van der Waals surface area contributed by atoms with Crippen LogP contribution in [-0.4, -0.2) is 0 Å². The maximum absolute atomic E-state index is 2.45. The Morgan fingerprint density at radius 2 is 1.00 bits per heavy atom. The zero-order valence-electron chi connectivity index (χ0n) is 25.7. The highest BCUT2D eigenvalue weighted by atomic mass is 15.1. The van der Waals surface area contributed by atoms with Crippen molar-refractivity contribution in [3.63, 3.8) is 0 Å². The summed E-state index contributed by atoms with van der Waals surface area (Å²) in [5, 5.41) is 5.19.